The molecule has 0 amide bonds. The van der Waals surface area contributed by atoms with E-state index in [-0.39, 0.29) is 4.90 Å². The molecule has 8 heteroatoms. The molecule has 1 N–H and O–H groups in total. The fourth-order valence-corrected chi connectivity index (χ4v) is 5.07. The van der Waals surface area contributed by atoms with Crippen LogP contribution in [0.2, 0.25) is 5.02 Å². The third kappa shape index (κ3) is 3.49. The second-order valence-corrected chi connectivity index (χ2v) is 8.23. The average molecular weight is 360 g/mol. The third-order valence-corrected chi connectivity index (χ3v) is 6.71. The normalized spacial score (nSPS) is 24.0. The quantitative estimate of drug-likeness (QED) is 0.869. The maximum absolute atomic E-state index is 12.8. The Kier molecular flexibility index (Phi) is 5.13. The highest BCUT2D eigenvalue weighted by atomic mass is 35.5. The van der Waals surface area contributed by atoms with E-state index in [1.165, 1.54) is 13.2 Å². The maximum atomic E-state index is 12.8. The van der Waals surface area contributed by atoms with Gasteiger partial charge in [-0.05, 0) is 24.6 Å². The second-order valence-electron chi connectivity index (χ2n) is 5.89. The molecule has 0 aromatic heterocycles. The minimum absolute atomic E-state index is 0.226. The first kappa shape index (κ1) is 17.0. The van der Waals surface area contributed by atoms with Crippen molar-refractivity contribution in [3.05, 3.63) is 23.2 Å². The van der Waals surface area contributed by atoms with Crippen molar-refractivity contribution < 1.29 is 13.2 Å². The summed E-state index contributed by atoms with van der Waals surface area (Å²) in [6, 6.07) is 4.92. The number of nitrogens with zero attached hydrogens (tertiary/aromatic N) is 2. The van der Waals surface area contributed by atoms with E-state index in [9.17, 15) is 8.42 Å². The summed E-state index contributed by atoms with van der Waals surface area (Å²) in [7, 11) is -2.00. The van der Waals surface area contributed by atoms with Gasteiger partial charge in [-0.15, -0.1) is 0 Å². The van der Waals surface area contributed by atoms with Crippen molar-refractivity contribution in [1.29, 1.82) is 0 Å². The van der Waals surface area contributed by atoms with Gasteiger partial charge in [-0.1, -0.05) is 11.6 Å². The number of hydrogen-bond donors (Lipinski definition) is 1. The first-order valence-electron chi connectivity index (χ1n) is 7.81. The summed E-state index contributed by atoms with van der Waals surface area (Å²) >= 11 is 6.07. The van der Waals surface area contributed by atoms with Gasteiger partial charge >= 0.3 is 0 Å². The number of sulfonamides is 1. The zero-order chi connectivity index (χ0) is 16.4. The molecule has 23 heavy (non-hydrogen) atoms. The largest absolute Gasteiger partial charge is 0.495 e. The molecular formula is C15H22ClN3O3S. The molecule has 1 aromatic rings. The van der Waals surface area contributed by atoms with Crippen LogP contribution in [0.25, 0.3) is 0 Å². The number of halogens is 1. The van der Waals surface area contributed by atoms with Crippen molar-refractivity contribution in [3.63, 3.8) is 0 Å². The van der Waals surface area contributed by atoms with Gasteiger partial charge in [-0.3, -0.25) is 4.90 Å². The van der Waals surface area contributed by atoms with Crippen LogP contribution in [0, 0.1) is 0 Å². The zero-order valence-electron chi connectivity index (χ0n) is 13.2. The van der Waals surface area contributed by atoms with E-state index in [0.29, 0.717) is 29.9 Å². The van der Waals surface area contributed by atoms with Gasteiger partial charge in [0.25, 0.3) is 0 Å². The van der Waals surface area contributed by atoms with Crippen LogP contribution in [-0.4, -0.2) is 70.0 Å². The topological polar surface area (TPSA) is 61.9 Å². The van der Waals surface area contributed by atoms with E-state index in [4.69, 9.17) is 16.3 Å². The van der Waals surface area contributed by atoms with Gasteiger partial charge < -0.3 is 10.1 Å². The van der Waals surface area contributed by atoms with E-state index in [1.54, 1.807) is 16.4 Å². The van der Waals surface area contributed by atoms with Crippen molar-refractivity contribution in [2.75, 3.05) is 46.4 Å². The van der Waals surface area contributed by atoms with Crippen LogP contribution in [-0.2, 0) is 10.0 Å². The number of methoxy groups -OCH3 is 1. The summed E-state index contributed by atoms with van der Waals surface area (Å²) in [4.78, 5) is 2.61. The summed E-state index contributed by atoms with van der Waals surface area (Å²) in [6.07, 6.45) is 0.878. The van der Waals surface area contributed by atoms with Crippen LogP contribution in [0.4, 0.5) is 0 Å². The zero-order valence-corrected chi connectivity index (χ0v) is 14.7. The molecule has 6 nitrogen and oxygen atoms in total. The smallest absolute Gasteiger partial charge is 0.243 e. The molecule has 3 rings (SSSR count). The number of rotatable bonds is 4. The Balaban J connectivity index is 1.74. The predicted molar refractivity (Wildman–Crippen MR) is 89.6 cm³/mol. The van der Waals surface area contributed by atoms with Gasteiger partial charge in [0.15, 0.2) is 0 Å². The molecule has 128 valence electrons. The van der Waals surface area contributed by atoms with Crippen LogP contribution in [0.15, 0.2) is 23.1 Å². The van der Waals surface area contributed by atoms with Crippen molar-refractivity contribution in [2.45, 2.75) is 17.4 Å². The number of piperazine rings is 1. The average Bonchev–Trinajstić information content (AvgIpc) is 3.06. The molecular weight excluding hydrogens is 338 g/mol. The van der Waals surface area contributed by atoms with Crippen LogP contribution in [0.5, 0.6) is 5.75 Å². The first-order chi connectivity index (χ1) is 11.0. The summed E-state index contributed by atoms with van der Waals surface area (Å²) in [5.74, 6) is 0.478. The molecule has 1 atom stereocenters. The van der Waals surface area contributed by atoms with Crippen molar-refractivity contribution in [3.8, 4) is 5.75 Å². The maximum Gasteiger partial charge on any atom is 0.243 e. The Labute approximate surface area is 142 Å². The molecule has 0 bridgehead atoms. The highest BCUT2D eigenvalue weighted by Gasteiger charge is 2.35. The van der Waals surface area contributed by atoms with Gasteiger partial charge in [0.05, 0.1) is 17.0 Å². The second kappa shape index (κ2) is 6.94. The van der Waals surface area contributed by atoms with E-state index in [0.717, 1.165) is 32.6 Å². The summed E-state index contributed by atoms with van der Waals surface area (Å²) in [6.45, 7) is 5.00. The lowest BCUT2D eigenvalue weighted by Gasteiger charge is -2.32. The lowest BCUT2D eigenvalue weighted by atomic mass is 10.2. The summed E-state index contributed by atoms with van der Waals surface area (Å²) < 4.78 is 32.3. The van der Waals surface area contributed by atoms with Crippen LogP contribution in [0.3, 0.4) is 0 Å². The van der Waals surface area contributed by atoms with E-state index in [2.05, 4.69) is 10.2 Å². The Hall–Kier alpha value is -0.860. The number of ether oxygens (including phenoxy) is 1. The Morgan fingerprint density at radius 2 is 2.00 bits per heavy atom. The summed E-state index contributed by atoms with van der Waals surface area (Å²) in [5, 5.41) is 3.63. The Morgan fingerprint density at radius 1 is 1.26 bits per heavy atom. The SMILES string of the molecule is COc1ccc(S(=O)(=O)N2CCC(N3CCNCC3)C2)cc1Cl. The van der Waals surface area contributed by atoms with E-state index in [1.807, 2.05) is 0 Å². The molecule has 0 radical (unpaired) electrons. The molecule has 2 fully saturated rings. The fourth-order valence-electron chi connectivity index (χ4n) is 3.23. The van der Waals surface area contributed by atoms with E-state index >= 15 is 0 Å². The lowest BCUT2D eigenvalue weighted by molar-refractivity contribution is 0.179. The molecule has 1 aromatic carbocycles. The number of nitrogens with one attached hydrogen (secondary N) is 1. The highest BCUT2D eigenvalue weighted by molar-refractivity contribution is 7.89. The Morgan fingerprint density at radius 3 is 2.65 bits per heavy atom. The van der Waals surface area contributed by atoms with Gasteiger partial charge in [0.1, 0.15) is 5.75 Å². The van der Waals surface area contributed by atoms with E-state index < -0.39 is 10.0 Å². The molecule has 1 unspecified atom stereocenters. The van der Waals surface area contributed by atoms with Crippen LogP contribution >= 0.6 is 11.6 Å². The summed E-state index contributed by atoms with van der Waals surface area (Å²) in [5.41, 5.74) is 0. The lowest BCUT2D eigenvalue weighted by Crippen LogP contribution is -2.49. The van der Waals surface area contributed by atoms with Crippen molar-refractivity contribution >= 4 is 21.6 Å². The molecule has 2 saturated heterocycles. The number of benzene rings is 1. The first-order valence-corrected chi connectivity index (χ1v) is 9.62. The molecule has 0 saturated carbocycles. The monoisotopic (exact) mass is 359 g/mol. The standard InChI is InChI=1S/C15H22ClN3O3S/c1-22-15-3-2-13(10-14(15)16)23(20,21)19-7-4-12(11-19)18-8-5-17-6-9-18/h2-3,10,12,17H,4-9,11H2,1H3. The highest BCUT2D eigenvalue weighted by Crippen LogP contribution is 2.30. The van der Waals surface area contributed by atoms with Crippen LogP contribution in [0.1, 0.15) is 6.42 Å². The molecule has 2 aliphatic heterocycles. The van der Waals surface area contributed by atoms with Crippen molar-refractivity contribution in [1.82, 2.24) is 14.5 Å². The van der Waals surface area contributed by atoms with Gasteiger partial charge in [-0.25, -0.2) is 8.42 Å². The van der Waals surface area contributed by atoms with Gasteiger partial charge in [0.2, 0.25) is 10.0 Å². The molecule has 0 spiro atoms. The molecule has 0 aliphatic carbocycles. The predicted octanol–water partition coefficient (Wildman–Crippen LogP) is 1.02. The third-order valence-electron chi connectivity index (χ3n) is 4.56. The minimum Gasteiger partial charge on any atom is -0.495 e. The molecule has 2 heterocycles. The number of hydrogen-bond acceptors (Lipinski definition) is 5. The molecule has 2 aliphatic rings. The van der Waals surface area contributed by atoms with Crippen molar-refractivity contribution in [2.24, 2.45) is 0 Å². The Bertz CT molecular complexity index is 662. The fraction of sp³-hybridized carbons (Fsp3) is 0.600. The minimum atomic E-state index is -3.51. The van der Waals surface area contributed by atoms with Gasteiger partial charge in [0, 0.05) is 45.3 Å². The van der Waals surface area contributed by atoms with Gasteiger partial charge in [-0.2, -0.15) is 4.31 Å². The van der Waals surface area contributed by atoms with Crippen LogP contribution < -0.4 is 10.1 Å².